The van der Waals surface area contributed by atoms with Gasteiger partial charge in [-0.15, -0.1) is 0 Å². The van der Waals surface area contributed by atoms with Crippen LogP contribution in [0.15, 0.2) is 30.3 Å². The molecule has 3 N–H and O–H groups in total. The number of rotatable bonds is 4. The zero-order valence-electron chi connectivity index (χ0n) is 11.6. The molecule has 0 bridgehead atoms. The molecular formula is C16H19N3O. The van der Waals surface area contributed by atoms with E-state index in [0.29, 0.717) is 11.4 Å². The minimum Gasteiger partial charge on any atom is -0.398 e. The second-order valence-corrected chi connectivity index (χ2v) is 5.67. The van der Waals surface area contributed by atoms with Crippen LogP contribution in [-0.2, 0) is 0 Å². The highest BCUT2D eigenvalue weighted by Crippen LogP contribution is 2.33. The van der Waals surface area contributed by atoms with Crippen LogP contribution in [0.3, 0.4) is 0 Å². The van der Waals surface area contributed by atoms with Crippen LogP contribution in [0.5, 0.6) is 0 Å². The molecule has 1 aromatic carbocycles. The number of aromatic nitrogens is 1. The number of nitrogen functional groups attached to an aromatic ring is 1. The summed E-state index contributed by atoms with van der Waals surface area (Å²) in [4.78, 5) is 16.6. The van der Waals surface area contributed by atoms with E-state index < -0.39 is 0 Å². The number of para-hydroxylation sites is 1. The zero-order valence-corrected chi connectivity index (χ0v) is 11.6. The van der Waals surface area contributed by atoms with Gasteiger partial charge < -0.3 is 11.1 Å². The van der Waals surface area contributed by atoms with Crippen molar-refractivity contribution in [2.75, 3.05) is 5.73 Å². The Morgan fingerprint density at radius 1 is 1.45 bits per heavy atom. The van der Waals surface area contributed by atoms with E-state index in [1.165, 1.54) is 12.8 Å². The highest BCUT2D eigenvalue weighted by atomic mass is 16.1. The Morgan fingerprint density at radius 3 is 2.95 bits per heavy atom. The number of hydrogen-bond donors (Lipinski definition) is 2. The second-order valence-electron chi connectivity index (χ2n) is 5.67. The van der Waals surface area contributed by atoms with Gasteiger partial charge in [0.2, 0.25) is 0 Å². The number of nitrogens with one attached hydrogen (secondary N) is 1. The molecule has 0 saturated heterocycles. The number of anilines is 1. The summed E-state index contributed by atoms with van der Waals surface area (Å²) in [5.41, 5.74) is 7.74. The topological polar surface area (TPSA) is 68.0 Å². The summed E-state index contributed by atoms with van der Waals surface area (Å²) in [5.74, 6) is 0.649. The van der Waals surface area contributed by atoms with Gasteiger partial charge in [0.15, 0.2) is 0 Å². The van der Waals surface area contributed by atoms with Gasteiger partial charge in [-0.3, -0.25) is 4.79 Å². The third-order valence-electron chi connectivity index (χ3n) is 3.74. The number of amides is 1. The third kappa shape index (κ3) is 2.74. The van der Waals surface area contributed by atoms with Crippen molar-refractivity contribution in [1.29, 1.82) is 0 Å². The fourth-order valence-electron chi connectivity index (χ4n) is 2.53. The quantitative estimate of drug-likeness (QED) is 0.896. The summed E-state index contributed by atoms with van der Waals surface area (Å²) in [7, 11) is 0. The first-order valence-corrected chi connectivity index (χ1v) is 7.09. The van der Waals surface area contributed by atoms with E-state index in [4.69, 9.17) is 5.73 Å². The Kier molecular flexibility index (Phi) is 3.30. The van der Waals surface area contributed by atoms with E-state index in [9.17, 15) is 4.79 Å². The summed E-state index contributed by atoms with van der Waals surface area (Å²) >= 11 is 0. The van der Waals surface area contributed by atoms with Crippen LogP contribution in [0.4, 0.5) is 5.69 Å². The summed E-state index contributed by atoms with van der Waals surface area (Å²) in [6.45, 7) is 2.04. The molecule has 4 nitrogen and oxygen atoms in total. The van der Waals surface area contributed by atoms with E-state index in [2.05, 4.69) is 10.3 Å². The van der Waals surface area contributed by atoms with Crippen LogP contribution in [0, 0.1) is 5.92 Å². The first kappa shape index (κ1) is 12.9. The normalized spacial score (nSPS) is 16.1. The van der Waals surface area contributed by atoms with Gasteiger partial charge in [0.1, 0.15) is 5.69 Å². The molecular weight excluding hydrogens is 250 g/mol. The molecule has 1 aliphatic rings. The molecule has 1 atom stereocenters. The van der Waals surface area contributed by atoms with Crippen LogP contribution < -0.4 is 11.1 Å². The molecule has 1 fully saturated rings. The van der Waals surface area contributed by atoms with Crippen molar-refractivity contribution in [2.45, 2.75) is 32.2 Å². The van der Waals surface area contributed by atoms with Gasteiger partial charge in [-0.25, -0.2) is 4.98 Å². The van der Waals surface area contributed by atoms with Gasteiger partial charge in [-0.2, -0.15) is 0 Å². The summed E-state index contributed by atoms with van der Waals surface area (Å²) in [5, 5.41) is 3.89. The van der Waals surface area contributed by atoms with E-state index in [1.807, 2.05) is 31.2 Å². The van der Waals surface area contributed by atoms with Crippen LogP contribution in [0.2, 0.25) is 0 Å². The molecule has 1 heterocycles. The lowest BCUT2D eigenvalue weighted by Gasteiger charge is -2.13. The van der Waals surface area contributed by atoms with E-state index in [-0.39, 0.29) is 11.9 Å². The molecule has 0 spiro atoms. The molecule has 0 radical (unpaired) electrons. The lowest BCUT2D eigenvalue weighted by Crippen LogP contribution is -2.33. The molecule has 20 heavy (non-hydrogen) atoms. The Bertz CT molecular complexity index is 649. The maximum atomic E-state index is 12.2. The van der Waals surface area contributed by atoms with Crippen molar-refractivity contribution in [3.63, 3.8) is 0 Å². The van der Waals surface area contributed by atoms with E-state index in [1.54, 1.807) is 6.07 Å². The number of carbonyl (C=O) groups excluding carboxylic acids is 1. The average molecular weight is 269 g/mol. The fourth-order valence-corrected chi connectivity index (χ4v) is 2.53. The number of pyridine rings is 1. The first-order valence-electron chi connectivity index (χ1n) is 7.09. The molecule has 1 saturated carbocycles. The maximum absolute atomic E-state index is 12.2. The van der Waals surface area contributed by atoms with Crippen LogP contribution >= 0.6 is 0 Å². The minimum atomic E-state index is -0.143. The highest BCUT2D eigenvalue weighted by Gasteiger charge is 2.24. The largest absolute Gasteiger partial charge is 0.398 e. The third-order valence-corrected chi connectivity index (χ3v) is 3.74. The van der Waals surface area contributed by atoms with Crippen molar-refractivity contribution in [2.24, 2.45) is 5.92 Å². The maximum Gasteiger partial charge on any atom is 0.270 e. The van der Waals surface area contributed by atoms with Gasteiger partial charge in [-0.1, -0.05) is 31.0 Å². The van der Waals surface area contributed by atoms with Crippen molar-refractivity contribution in [3.8, 4) is 0 Å². The first-order chi connectivity index (χ1) is 9.63. The van der Waals surface area contributed by atoms with Crippen LogP contribution in [-0.4, -0.2) is 16.9 Å². The molecule has 1 unspecified atom stereocenters. The SMILES string of the molecule is CC(CC1CC1)NC(=O)c1cc(N)c2ccccc2n1. The Balaban J connectivity index is 1.80. The van der Waals surface area contributed by atoms with E-state index >= 15 is 0 Å². The number of nitrogens with zero attached hydrogens (tertiary/aromatic N) is 1. The predicted molar refractivity (Wildman–Crippen MR) is 80.4 cm³/mol. The monoisotopic (exact) mass is 269 g/mol. The van der Waals surface area contributed by atoms with Crippen molar-refractivity contribution in [1.82, 2.24) is 10.3 Å². The van der Waals surface area contributed by atoms with Crippen molar-refractivity contribution in [3.05, 3.63) is 36.0 Å². The Morgan fingerprint density at radius 2 is 2.20 bits per heavy atom. The molecule has 1 aromatic heterocycles. The molecule has 4 heteroatoms. The average Bonchev–Trinajstić information content (AvgIpc) is 3.22. The summed E-state index contributed by atoms with van der Waals surface area (Å²) in [6.07, 6.45) is 3.64. The summed E-state index contributed by atoms with van der Waals surface area (Å²) < 4.78 is 0. The molecule has 1 aliphatic carbocycles. The Labute approximate surface area is 118 Å². The zero-order chi connectivity index (χ0) is 14.1. The predicted octanol–water partition coefficient (Wildman–Crippen LogP) is 2.74. The van der Waals surface area contributed by atoms with Gasteiger partial charge in [0.25, 0.3) is 5.91 Å². The number of benzene rings is 1. The lowest BCUT2D eigenvalue weighted by atomic mass is 10.1. The number of nitrogens with two attached hydrogens (primary N) is 1. The lowest BCUT2D eigenvalue weighted by molar-refractivity contribution is 0.0933. The standard InChI is InChI=1S/C16H19N3O/c1-10(8-11-6-7-11)18-16(20)15-9-13(17)12-4-2-3-5-14(12)19-15/h2-5,9-11H,6-8H2,1H3,(H2,17,19)(H,18,20). The molecule has 3 rings (SSSR count). The van der Waals surface area contributed by atoms with Crippen LogP contribution in [0.1, 0.15) is 36.7 Å². The van der Waals surface area contributed by atoms with Crippen LogP contribution in [0.25, 0.3) is 10.9 Å². The number of fused-ring (bicyclic) bond motifs is 1. The van der Waals surface area contributed by atoms with Gasteiger partial charge in [0, 0.05) is 17.1 Å². The molecule has 0 aliphatic heterocycles. The minimum absolute atomic E-state index is 0.143. The molecule has 1 amide bonds. The van der Waals surface area contributed by atoms with Gasteiger partial charge >= 0.3 is 0 Å². The van der Waals surface area contributed by atoms with Gasteiger partial charge in [0.05, 0.1) is 5.52 Å². The van der Waals surface area contributed by atoms with Gasteiger partial charge in [-0.05, 0) is 31.4 Å². The summed E-state index contributed by atoms with van der Waals surface area (Å²) in [6, 6.07) is 9.43. The smallest absolute Gasteiger partial charge is 0.270 e. The van der Waals surface area contributed by atoms with E-state index in [0.717, 1.165) is 23.2 Å². The number of carbonyl (C=O) groups is 1. The molecule has 104 valence electrons. The van der Waals surface area contributed by atoms with Crippen molar-refractivity contribution < 1.29 is 4.79 Å². The highest BCUT2D eigenvalue weighted by molar-refractivity contribution is 5.99. The number of hydrogen-bond acceptors (Lipinski definition) is 3. The van der Waals surface area contributed by atoms with Crippen molar-refractivity contribution >= 4 is 22.5 Å². The second kappa shape index (κ2) is 5.12. The molecule has 2 aromatic rings. The Hall–Kier alpha value is -2.10. The fraction of sp³-hybridized carbons (Fsp3) is 0.375.